The second-order valence-electron chi connectivity index (χ2n) is 7.45. The number of aromatic nitrogens is 1. The molecule has 0 saturated heterocycles. The van der Waals surface area contributed by atoms with Crippen LogP contribution in [0.2, 0.25) is 0 Å². The predicted octanol–water partition coefficient (Wildman–Crippen LogP) is 6.69. The van der Waals surface area contributed by atoms with Crippen molar-refractivity contribution in [2.45, 2.75) is 78.4 Å². The largest absolute Gasteiger partial charge is 0.257 e. The predicted molar refractivity (Wildman–Crippen MR) is 104 cm³/mol. The fourth-order valence-electron chi connectivity index (χ4n) is 3.09. The average molecular weight is 330 g/mol. The van der Waals surface area contributed by atoms with E-state index in [-0.39, 0.29) is 0 Å². The van der Waals surface area contributed by atoms with Crippen molar-refractivity contribution in [2.75, 3.05) is 0 Å². The zero-order chi connectivity index (χ0) is 17.5. The van der Waals surface area contributed by atoms with Gasteiger partial charge in [0, 0.05) is 21.4 Å². The van der Waals surface area contributed by atoms with Gasteiger partial charge in [0.1, 0.15) is 0 Å². The molecule has 0 N–H and O–H groups in total. The lowest BCUT2D eigenvalue weighted by atomic mass is 9.87. The van der Waals surface area contributed by atoms with Gasteiger partial charge in [-0.3, -0.25) is 4.98 Å². The highest BCUT2D eigenvalue weighted by Gasteiger charge is 2.26. The van der Waals surface area contributed by atoms with E-state index < -0.39 is 0 Å². The topological polar surface area (TPSA) is 12.9 Å². The van der Waals surface area contributed by atoms with Gasteiger partial charge in [-0.15, -0.1) is 11.8 Å². The second kappa shape index (κ2) is 6.84. The Morgan fingerprint density at radius 1 is 1.00 bits per heavy atom. The van der Waals surface area contributed by atoms with Crippen molar-refractivity contribution in [2.24, 2.45) is 5.92 Å². The van der Waals surface area contributed by atoms with Crippen LogP contribution in [-0.2, 0) is 0 Å². The summed E-state index contributed by atoms with van der Waals surface area (Å²) in [5.41, 5.74) is 9.52. The molecule has 0 saturated carbocycles. The molecule has 1 aromatic heterocycles. The first-order valence-corrected chi connectivity index (χ1v) is 9.60. The van der Waals surface area contributed by atoms with Gasteiger partial charge in [0.15, 0.2) is 0 Å². The van der Waals surface area contributed by atoms with Gasteiger partial charge in [0.05, 0.1) is 5.69 Å². The molecular weight excluding hydrogens is 298 g/mol. The van der Waals surface area contributed by atoms with E-state index in [9.17, 15) is 0 Å². The summed E-state index contributed by atoms with van der Waals surface area (Å²) in [6, 6.07) is 0. The Bertz CT molecular complexity index is 678. The molecule has 2 heterocycles. The van der Waals surface area contributed by atoms with Crippen molar-refractivity contribution in [1.29, 1.82) is 0 Å². The van der Waals surface area contributed by atoms with Gasteiger partial charge in [-0.25, -0.2) is 0 Å². The number of hydrogen-bond acceptors (Lipinski definition) is 2. The Kier molecular flexibility index (Phi) is 5.45. The molecule has 0 bridgehead atoms. The van der Waals surface area contributed by atoms with Crippen LogP contribution in [0.3, 0.4) is 0 Å². The second-order valence-corrected chi connectivity index (χ2v) is 8.80. The molecule has 1 aromatic rings. The first-order chi connectivity index (χ1) is 10.6. The zero-order valence-corrected chi connectivity index (χ0v) is 17.0. The van der Waals surface area contributed by atoms with Crippen molar-refractivity contribution >= 4 is 17.3 Å². The molecule has 2 rings (SSSR count). The number of thioether (sulfide) groups is 1. The molecule has 126 valence electrons. The Morgan fingerprint density at radius 2 is 1.61 bits per heavy atom. The van der Waals surface area contributed by atoms with Crippen LogP contribution in [0.1, 0.15) is 76.9 Å². The summed E-state index contributed by atoms with van der Waals surface area (Å²) in [6.45, 7) is 20.4. The SMILES string of the molecule is CC1=C(\C)[C@@H](C)Sc2c(C)c(C)nc(C(C)C)c2/C(C(C)C)=C\1. The van der Waals surface area contributed by atoms with E-state index in [1.54, 1.807) is 0 Å². The van der Waals surface area contributed by atoms with Crippen molar-refractivity contribution in [3.05, 3.63) is 39.7 Å². The molecule has 0 fully saturated rings. The van der Waals surface area contributed by atoms with Gasteiger partial charge in [-0.05, 0) is 57.6 Å². The molecule has 0 aromatic carbocycles. The van der Waals surface area contributed by atoms with Crippen molar-refractivity contribution in [3.63, 3.8) is 0 Å². The van der Waals surface area contributed by atoms with Crippen LogP contribution in [0.25, 0.3) is 5.57 Å². The maximum Gasteiger partial charge on any atom is 0.0518 e. The minimum absolute atomic E-state index is 0.436. The highest BCUT2D eigenvalue weighted by atomic mass is 32.2. The number of rotatable bonds is 2. The lowest BCUT2D eigenvalue weighted by Gasteiger charge is -2.28. The summed E-state index contributed by atoms with van der Waals surface area (Å²) in [5.74, 6) is 0.929. The molecule has 0 unspecified atom stereocenters. The van der Waals surface area contributed by atoms with Crippen LogP contribution in [0.4, 0.5) is 0 Å². The summed E-state index contributed by atoms with van der Waals surface area (Å²) >= 11 is 2.01. The molecule has 0 aliphatic carbocycles. The van der Waals surface area contributed by atoms with E-state index in [1.165, 1.54) is 44.1 Å². The molecule has 0 radical (unpaired) electrons. The van der Waals surface area contributed by atoms with Gasteiger partial charge in [-0.2, -0.15) is 0 Å². The van der Waals surface area contributed by atoms with E-state index in [2.05, 4.69) is 68.4 Å². The van der Waals surface area contributed by atoms with E-state index in [0.717, 1.165) is 0 Å². The van der Waals surface area contributed by atoms with Crippen LogP contribution < -0.4 is 0 Å². The van der Waals surface area contributed by atoms with E-state index >= 15 is 0 Å². The number of pyridine rings is 1. The molecule has 1 atom stereocenters. The summed E-state index contributed by atoms with van der Waals surface area (Å²) in [7, 11) is 0. The van der Waals surface area contributed by atoms with E-state index in [4.69, 9.17) is 4.98 Å². The lowest BCUT2D eigenvalue weighted by Crippen LogP contribution is -2.13. The molecular formula is C21H31NS. The molecule has 1 nitrogen and oxygen atoms in total. The fraction of sp³-hybridized carbons (Fsp3) is 0.571. The summed E-state index contributed by atoms with van der Waals surface area (Å²) < 4.78 is 0. The van der Waals surface area contributed by atoms with Crippen molar-refractivity contribution < 1.29 is 0 Å². The van der Waals surface area contributed by atoms with E-state index in [0.29, 0.717) is 17.1 Å². The monoisotopic (exact) mass is 329 g/mol. The summed E-state index contributed by atoms with van der Waals surface area (Å²) in [5, 5.41) is 0.499. The maximum atomic E-state index is 4.99. The Hall–Kier alpha value is -1.02. The van der Waals surface area contributed by atoms with Gasteiger partial charge < -0.3 is 0 Å². The third-order valence-corrected chi connectivity index (χ3v) is 6.46. The van der Waals surface area contributed by atoms with E-state index in [1.807, 2.05) is 11.8 Å². The molecule has 23 heavy (non-hydrogen) atoms. The normalized spacial score (nSPS) is 24.3. The zero-order valence-electron chi connectivity index (χ0n) is 16.2. The molecule has 1 aliphatic rings. The standard InChI is InChI=1S/C21H31NS/c1-11(2)18-10-13(5)14(6)17(9)23-21-15(7)16(8)22-20(12(3)4)19(18)21/h10-12,17H,1-9H3/b14-13-,18-10-/t17-/m1/s1. The number of nitrogens with zero attached hydrogens (tertiary/aromatic N) is 1. The van der Waals surface area contributed by atoms with Gasteiger partial charge in [0.25, 0.3) is 0 Å². The minimum Gasteiger partial charge on any atom is -0.257 e. The number of hydrogen-bond donors (Lipinski definition) is 0. The van der Waals surface area contributed by atoms with Crippen LogP contribution in [0.5, 0.6) is 0 Å². The highest BCUT2D eigenvalue weighted by Crippen LogP contribution is 2.44. The summed E-state index contributed by atoms with van der Waals surface area (Å²) in [4.78, 5) is 6.43. The third kappa shape index (κ3) is 3.42. The van der Waals surface area contributed by atoms with Crippen LogP contribution in [0, 0.1) is 19.8 Å². The molecule has 0 amide bonds. The van der Waals surface area contributed by atoms with Crippen LogP contribution >= 0.6 is 11.8 Å². The Labute approximate surface area is 146 Å². The smallest absolute Gasteiger partial charge is 0.0518 e. The minimum atomic E-state index is 0.436. The quantitative estimate of drug-likeness (QED) is 0.599. The highest BCUT2D eigenvalue weighted by molar-refractivity contribution is 8.00. The first-order valence-electron chi connectivity index (χ1n) is 8.72. The van der Waals surface area contributed by atoms with Gasteiger partial charge in [0.2, 0.25) is 0 Å². The summed E-state index contributed by atoms with van der Waals surface area (Å²) in [6.07, 6.45) is 2.41. The lowest BCUT2D eigenvalue weighted by molar-refractivity contribution is 0.779. The molecule has 0 spiro atoms. The number of aryl methyl sites for hydroxylation is 1. The maximum absolute atomic E-state index is 4.99. The number of fused-ring (bicyclic) bond motifs is 1. The Morgan fingerprint density at radius 3 is 2.13 bits per heavy atom. The first kappa shape index (κ1) is 18.3. The Balaban J connectivity index is 2.91. The van der Waals surface area contributed by atoms with Gasteiger partial charge >= 0.3 is 0 Å². The fourth-order valence-corrected chi connectivity index (χ4v) is 4.47. The third-order valence-electron chi connectivity index (χ3n) is 5.01. The van der Waals surface area contributed by atoms with Crippen molar-refractivity contribution in [1.82, 2.24) is 4.98 Å². The van der Waals surface area contributed by atoms with Gasteiger partial charge in [-0.1, -0.05) is 44.9 Å². The number of allylic oxidation sites excluding steroid dienone is 3. The molecule has 2 heteroatoms. The van der Waals surface area contributed by atoms with Crippen molar-refractivity contribution in [3.8, 4) is 0 Å². The van der Waals surface area contributed by atoms with Crippen LogP contribution in [-0.4, -0.2) is 10.2 Å². The molecule has 1 aliphatic heterocycles. The average Bonchev–Trinajstić information content (AvgIpc) is 2.47. The van der Waals surface area contributed by atoms with Crippen LogP contribution in [0.15, 0.2) is 22.1 Å².